The highest BCUT2D eigenvalue weighted by Gasteiger charge is 2.18. The van der Waals surface area contributed by atoms with E-state index in [1.807, 2.05) is 6.92 Å². The summed E-state index contributed by atoms with van der Waals surface area (Å²) in [4.78, 5) is 11.5. The Morgan fingerprint density at radius 2 is 2.11 bits per heavy atom. The minimum atomic E-state index is -0.917. The van der Waals surface area contributed by atoms with E-state index in [0.29, 0.717) is 16.5 Å². The molecule has 0 aliphatic rings. The van der Waals surface area contributed by atoms with E-state index in [1.54, 1.807) is 13.0 Å². The summed E-state index contributed by atoms with van der Waals surface area (Å²) < 4.78 is 13.7. The van der Waals surface area contributed by atoms with Gasteiger partial charge in [0.05, 0.1) is 5.60 Å². The molecule has 4 nitrogen and oxygen atoms in total. The molecule has 0 aromatic heterocycles. The van der Waals surface area contributed by atoms with E-state index in [-0.39, 0.29) is 18.9 Å². The third-order valence-electron chi connectivity index (χ3n) is 2.77. The second kappa shape index (κ2) is 6.86. The van der Waals surface area contributed by atoms with Crippen LogP contribution < -0.4 is 10.6 Å². The zero-order valence-electron chi connectivity index (χ0n) is 11.0. The summed E-state index contributed by atoms with van der Waals surface area (Å²) in [7, 11) is 0. The van der Waals surface area contributed by atoms with Gasteiger partial charge in [0.2, 0.25) is 0 Å². The summed E-state index contributed by atoms with van der Waals surface area (Å²) in [5, 5.41) is 14.9. The Kier molecular flexibility index (Phi) is 5.75. The molecule has 0 radical (unpaired) electrons. The normalized spacial score (nSPS) is 13.7. The molecular formula is C13H18BrFN2O2. The third kappa shape index (κ3) is 6.02. The second-order valence-electron chi connectivity index (χ2n) is 4.66. The van der Waals surface area contributed by atoms with Crippen molar-refractivity contribution in [1.82, 2.24) is 10.6 Å². The Morgan fingerprint density at radius 1 is 1.42 bits per heavy atom. The van der Waals surface area contributed by atoms with Crippen LogP contribution in [0.25, 0.3) is 0 Å². The van der Waals surface area contributed by atoms with Crippen molar-refractivity contribution < 1.29 is 14.3 Å². The Bertz CT molecular complexity index is 432. The van der Waals surface area contributed by atoms with Gasteiger partial charge in [0.1, 0.15) is 5.82 Å². The highest BCUT2D eigenvalue weighted by Crippen LogP contribution is 2.14. The standard InChI is InChI=1S/C13H18BrFN2O2/c1-3-13(2,19)8-17-12(18)16-7-9-4-10(14)6-11(15)5-9/h4-6,19H,3,7-8H2,1-2H3,(H2,16,17,18)/t13-/m0/s1. The summed E-state index contributed by atoms with van der Waals surface area (Å²) in [6.45, 7) is 3.87. The van der Waals surface area contributed by atoms with Crippen LogP contribution in [0.4, 0.5) is 9.18 Å². The maximum Gasteiger partial charge on any atom is 0.315 e. The third-order valence-corrected chi connectivity index (χ3v) is 3.22. The summed E-state index contributed by atoms with van der Waals surface area (Å²) in [6, 6.07) is 4.04. The van der Waals surface area contributed by atoms with Crippen molar-refractivity contribution in [1.29, 1.82) is 0 Å². The molecule has 19 heavy (non-hydrogen) atoms. The smallest absolute Gasteiger partial charge is 0.315 e. The Labute approximate surface area is 120 Å². The van der Waals surface area contributed by atoms with Gasteiger partial charge in [-0.2, -0.15) is 0 Å². The molecule has 1 aromatic carbocycles. The monoisotopic (exact) mass is 332 g/mol. The topological polar surface area (TPSA) is 61.4 Å². The van der Waals surface area contributed by atoms with Crippen LogP contribution in [0, 0.1) is 5.82 Å². The number of nitrogens with one attached hydrogen (secondary N) is 2. The van der Waals surface area contributed by atoms with Gasteiger partial charge >= 0.3 is 6.03 Å². The summed E-state index contributed by atoms with van der Waals surface area (Å²) in [6.07, 6.45) is 0.546. The first-order valence-corrected chi connectivity index (χ1v) is 6.81. The number of carbonyl (C=O) groups excluding carboxylic acids is 1. The average Bonchev–Trinajstić information content (AvgIpc) is 2.33. The molecule has 0 spiro atoms. The maximum atomic E-state index is 13.1. The second-order valence-corrected chi connectivity index (χ2v) is 5.58. The van der Waals surface area contributed by atoms with Gasteiger partial charge in [0.15, 0.2) is 0 Å². The zero-order chi connectivity index (χ0) is 14.5. The van der Waals surface area contributed by atoms with Crippen LogP contribution in [0.15, 0.2) is 22.7 Å². The number of benzene rings is 1. The molecule has 0 unspecified atom stereocenters. The predicted molar refractivity (Wildman–Crippen MR) is 75.3 cm³/mol. The predicted octanol–water partition coefficient (Wildman–Crippen LogP) is 2.55. The number of carbonyl (C=O) groups is 1. The fraction of sp³-hybridized carbons (Fsp3) is 0.462. The van der Waals surface area contributed by atoms with E-state index in [9.17, 15) is 14.3 Å². The SMILES string of the molecule is CC[C@](C)(O)CNC(=O)NCc1cc(F)cc(Br)c1. The van der Waals surface area contributed by atoms with Crippen LogP contribution in [0.1, 0.15) is 25.8 Å². The number of aliphatic hydroxyl groups is 1. The molecule has 1 atom stereocenters. The van der Waals surface area contributed by atoms with Gasteiger partial charge < -0.3 is 15.7 Å². The lowest BCUT2D eigenvalue weighted by Gasteiger charge is -2.21. The minimum Gasteiger partial charge on any atom is -0.388 e. The number of rotatable bonds is 5. The molecule has 2 amide bonds. The van der Waals surface area contributed by atoms with E-state index in [2.05, 4.69) is 26.6 Å². The molecule has 1 aromatic rings. The van der Waals surface area contributed by atoms with Gasteiger partial charge in [-0.25, -0.2) is 9.18 Å². The largest absolute Gasteiger partial charge is 0.388 e. The van der Waals surface area contributed by atoms with Crippen LogP contribution in [-0.4, -0.2) is 23.3 Å². The Morgan fingerprint density at radius 3 is 2.68 bits per heavy atom. The van der Waals surface area contributed by atoms with E-state index in [4.69, 9.17) is 0 Å². The van der Waals surface area contributed by atoms with Gasteiger partial charge in [-0.15, -0.1) is 0 Å². The fourth-order valence-electron chi connectivity index (χ4n) is 1.35. The lowest BCUT2D eigenvalue weighted by Crippen LogP contribution is -2.44. The number of amides is 2. The summed E-state index contributed by atoms with van der Waals surface area (Å²) in [5.74, 6) is -0.361. The number of urea groups is 1. The van der Waals surface area contributed by atoms with E-state index >= 15 is 0 Å². The quantitative estimate of drug-likeness (QED) is 0.776. The lowest BCUT2D eigenvalue weighted by molar-refractivity contribution is 0.0581. The van der Waals surface area contributed by atoms with Crippen molar-refractivity contribution in [3.8, 4) is 0 Å². The van der Waals surface area contributed by atoms with Gasteiger partial charge in [-0.05, 0) is 37.1 Å². The molecule has 0 saturated heterocycles. The Balaban J connectivity index is 2.42. The minimum absolute atomic E-state index is 0.169. The van der Waals surface area contributed by atoms with Crippen molar-refractivity contribution >= 4 is 22.0 Å². The van der Waals surface area contributed by atoms with Crippen molar-refractivity contribution in [3.63, 3.8) is 0 Å². The number of halogens is 2. The van der Waals surface area contributed by atoms with Crippen molar-refractivity contribution in [2.75, 3.05) is 6.54 Å². The molecule has 1 rings (SSSR count). The number of hydrogen-bond acceptors (Lipinski definition) is 2. The van der Waals surface area contributed by atoms with E-state index in [0.717, 1.165) is 0 Å². The van der Waals surface area contributed by atoms with Crippen LogP contribution in [0.3, 0.4) is 0 Å². The molecule has 0 aliphatic heterocycles. The first-order valence-electron chi connectivity index (χ1n) is 6.01. The van der Waals surface area contributed by atoms with E-state index in [1.165, 1.54) is 12.1 Å². The van der Waals surface area contributed by atoms with Gasteiger partial charge in [0, 0.05) is 17.6 Å². The maximum absolute atomic E-state index is 13.1. The molecule has 0 fully saturated rings. The van der Waals surface area contributed by atoms with Gasteiger partial charge in [-0.3, -0.25) is 0 Å². The summed E-state index contributed by atoms with van der Waals surface area (Å²) in [5.41, 5.74) is -0.261. The molecule has 0 heterocycles. The molecule has 0 bridgehead atoms. The van der Waals surface area contributed by atoms with Crippen LogP contribution >= 0.6 is 15.9 Å². The molecule has 3 N–H and O–H groups in total. The Hall–Kier alpha value is -1.14. The average molecular weight is 333 g/mol. The van der Waals surface area contributed by atoms with E-state index < -0.39 is 11.6 Å². The van der Waals surface area contributed by atoms with Crippen molar-refractivity contribution in [2.24, 2.45) is 0 Å². The highest BCUT2D eigenvalue weighted by atomic mass is 79.9. The molecule has 106 valence electrons. The van der Waals surface area contributed by atoms with Gasteiger partial charge in [-0.1, -0.05) is 22.9 Å². The van der Waals surface area contributed by atoms with Crippen LogP contribution in [0.5, 0.6) is 0 Å². The van der Waals surface area contributed by atoms with Crippen molar-refractivity contribution in [2.45, 2.75) is 32.4 Å². The zero-order valence-corrected chi connectivity index (χ0v) is 12.6. The van der Waals surface area contributed by atoms with Gasteiger partial charge in [0.25, 0.3) is 0 Å². The van der Waals surface area contributed by atoms with Crippen LogP contribution in [-0.2, 0) is 6.54 Å². The van der Waals surface area contributed by atoms with Crippen LogP contribution in [0.2, 0.25) is 0 Å². The first-order chi connectivity index (χ1) is 8.82. The summed E-state index contributed by atoms with van der Waals surface area (Å²) >= 11 is 3.18. The fourth-order valence-corrected chi connectivity index (χ4v) is 1.87. The molecule has 6 heteroatoms. The lowest BCUT2D eigenvalue weighted by atomic mass is 10.0. The molecule has 0 aliphatic carbocycles. The first kappa shape index (κ1) is 15.9. The van der Waals surface area contributed by atoms with Crippen molar-refractivity contribution in [3.05, 3.63) is 34.1 Å². The molecular weight excluding hydrogens is 315 g/mol. The number of hydrogen-bond donors (Lipinski definition) is 3. The molecule has 0 saturated carbocycles. The highest BCUT2D eigenvalue weighted by molar-refractivity contribution is 9.10.